The number of ether oxygens (including phenoxy) is 2. The lowest BCUT2D eigenvalue weighted by atomic mass is 10.2. The summed E-state index contributed by atoms with van der Waals surface area (Å²) in [6.45, 7) is 0.776. The van der Waals surface area contributed by atoms with Crippen LogP contribution in [0.25, 0.3) is 0 Å². The molecular formula is C11H14FNO3. The number of nitrogens with one attached hydrogen (secondary N) is 1. The molecule has 0 spiro atoms. The van der Waals surface area contributed by atoms with E-state index in [1.165, 1.54) is 26.4 Å². The highest BCUT2D eigenvalue weighted by molar-refractivity contribution is 5.96. The van der Waals surface area contributed by atoms with E-state index in [1.54, 1.807) is 0 Å². The van der Waals surface area contributed by atoms with Crippen molar-refractivity contribution in [3.05, 3.63) is 29.6 Å². The summed E-state index contributed by atoms with van der Waals surface area (Å²) in [6.07, 6.45) is 0. The summed E-state index contributed by atoms with van der Waals surface area (Å²) in [5.74, 6) is -0.512. The van der Waals surface area contributed by atoms with Gasteiger partial charge in [0.2, 0.25) is 0 Å². The lowest BCUT2D eigenvalue weighted by Crippen LogP contribution is -2.27. The van der Waals surface area contributed by atoms with Gasteiger partial charge in [-0.15, -0.1) is 0 Å². The predicted octanol–water partition coefficient (Wildman–Crippen LogP) is 1.21. The van der Waals surface area contributed by atoms with Crippen LogP contribution < -0.4 is 10.1 Å². The Hall–Kier alpha value is -1.62. The monoisotopic (exact) mass is 227 g/mol. The molecule has 0 saturated heterocycles. The van der Waals surface area contributed by atoms with Crippen LogP contribution in [0, 0.1) is 5.82 Å². The molecule has 0 saturated carbocycles. The second-order valence-electron chi connectivity index (χ2n) is 3.09. The molecule has 1 rings (SSSR count). The van der Waals surface area contributed by atoms with Crippen molar-refractivity contribution >= 4 is 5.91 Å². The molecule has 0 atom stereocenters. The van der Waals surface area contributed by atoms with Crippen LogP contribution in [0.2, 0.25) is 0 Å². The third-order valence-electron chi connectivity index (χ3n) is 2.00. The number of halogens is 1. The van der Waals surface area contributed by atoms with Gasteiger partial charge in [0.05, 0.1) is 19.3 Å². The number of hydrogen-bond acceptors (Lipinski definition) is 3. The SMILES string of the molecule is COCCNC(=O)c1cc(F)ccc1OC. The molecule has 0 fully saturated rings. The minimum Gasteiger partial charge on any atom is -0.496 e. The van der Waals surface area contributed by atoms with Crippen molar-refractivity contribution in [2.24, 2.45) is 0 Å². The van der Waals surface area contributed by atoms with Gasteiger partial charge in [-0.3, -0.25) is 4.79 Å². The maximum Gasteiger partial charge on any atom is 0.255 e. The molecular weight excluding hydrogens is 213 g/mol. The Balaban J connectivity index is 2.76. The standard InChI is InChI=1S/C11H14FNO3/c1-15-6-5-13-11(14)9-7-8(12)3-4-10(9)16-2/h3-4,7H,5-6H2,1-2H3,(H,13,14). The topological polar surface area (TPSA) is 47.6 Å². The number of hydrogen-bond donors (Lipinski definition) is 1. The molecule has 0 heterocycles. The van der Waals surface area contributed by atoms with Gasteiger partial charge in [0, 0.05) is 13.7 Å². The minimum atomic E-state index is -0.474. The first-order valence-electron chi connectivity index (χ1n) is 4.79. The fourth-order valence-corrected chi connectivity index (χ4v) is 1.22. The van der Waals surface area contributed by atoms with Crippen LogP contribution in [-0.4, -0.2) is 33.3 Å². The van der Waals surface area contributed by atoms with Crippen LogP contribution in [0.5, 0.6) is 5.75 Å². The zero-order valence-electron chi connectivity index (χ0n) is 9.25. The highest BCUT2D eigenvalue weighted by Crippen LogP contribution is 2.18. The highest BCUT2D eigenvalue weighted by atomic mass is 19.1. The van der Waals surface area contributed by atoms with Crippen molar-refractivity contribution in [2.45, 2.75) is 0 Å². The number of methoxy groups -OCH3 is 2. The van der Waals surface area contributed by atoms with E-state index in [9.17, 15) is 9.18 Å². The predicted molar refractivity (Wildman–Crippen MR) is 57.2 cm³/mol. The van der Waals surface area contributed by atoms with Crippen LogP contribution in [0.1, 0.15) is 10.4 Å². The number of carbonyl (C=O) groups is 1. The molecule has 0 aliphatic carbocycles. The van der Waals surface area contributed by atoms with Crippen LogP contribution in [0.4, 0.5) is 4.39 Å². The Morgan fingerprint density at radius 1 is 1.44 bits per heavy atom. The lowest BCUT2D eigenvalue weighted by molar-refractivity contribution is 0.0933. The Kier molecular flexibility index (Phi) is 4.72. The van der Waals surface area contributed by atoms with Gasteiger partial charge in [-0.2, -0.15) is 0 Å². The molecule has 4 nitrogen and oxygen atoms in total. The Morgan fingerprint density at radius 3 is 2.81 bits per heavy atom. The number of amides is 1. The van der Waals surface area contributed by atoms with Gasteiger partial charge >= 0.3 is 0 Å². The van der Waals surface area contributed by atoms with Crippen molar-refractivity contribution in [1.82, 2.24) is 5.32 Å². The molecule has 0 aliphatic heterocycles. The van der Waals surface area contributed by atoms with Crippen molar-refractivity contribution in [3.8, 4) is 5.75 Å². The van der Waals surface area contributed by atoms with Crippen molar-refractivity contribution in [2.75, 3.05) is 27.4 Å². The summed E-state index contributed by atoms with van der Waals surface area (Å²) in [7, 11) is 2.97. The van der Waals surface area contributed by atoms with E-state index in [0.29, 0.717) is 18.9 Å². The van der Waals surface area contributed by atoms with E-state index < -0.39 is 5.82 Å². The van der Waals surface area contributed by atoms with Crippen LogP contribution in [0.15, 0.2) is 18.2 Å². The van der Waals surface area contributed by atoms with Crippen molar-refractivity contribution < 1.29 is 18.7 Å². The second-order valence-corrected chi connectivity index (χ2v) is 3.09. The molecule has 5 heteroatoms. The maximum atomic E-state index is 13.0. The molecule has 0 radical (unpaired) electrons. The molecule has 1 aromatic rings. The summed E-state index contributed by atoms with van der Waals surface area (Å²) in [5, 5.41) is 2.59. The first kappa shape index (κ1) is 12.4. The maximum absolute atomic E-state index is 13.0. The fraction of sp³-hybridized carbons (Fsp3) is 0.364. The molecule has 1 amide bonds. The van der Waals surface area contributed by atoms with Crippen molar-refractivity contribution in [3.63, 3.8) is 0 Å². The number of rotatable bonds is 5. The quantitative estimate of drug-likeness (QED) is 0.769. The van der Waals surface area contributed by atoms with E-state index in [2.05, 4.69) is 5.32 Å². The summed E-state index contributed by atoms with van der Waals surface area (Å²) in [5.41, 5.74) is 0.179. The molecule has 0 aromatic heterocycles. The molecule has 0 bridgehead atoms. The number of carbonyl (C=O) groups excluding carboxylic acids is 1. The minimum absolute atomic E-state index is 0.179. The van der Waals surface area contributed by atoms with Crippen LogP contribution >= 0.6 is 0 Å². The second kappa shape index (κ2) is 6.07. The summed E-state index contributed by atoms with van der Waals surface area (Å²) < 4.78 is 22.7. The summed E-state index contributed by atoms with van der Waals surface area (Å²) >= 11 is 0. The molecule has 1 N–H and O–H groups in total. The van der Waals surface area contributed by atoms with Gasteiger partial charge in [0.25, 0.3) is 5.91 Å². The fourth-order valence-electron chi connectivity index (χ4n) is 1.22. The zero-order chi connectivity index (χ0) is 12.0. The zero-order valence-corrected chi connectivity index (χ0v) is 9.25. The first-order chi connectivity index (χ1) is 7.69. The number of benzene rings is 1. The molecule has 0 aliphatic rings. The Labute approximate surface area is 93.4 Å². The van der Waals surface area contributed by atoms with Crippen LogP contribution in [-0.2, 0) is 4.74 Å². The molecule has 16 heavy (non-hydrogen) atoms. The van der Waals surface area contributed by atoms with E-state index in [1.807, 2.05) is 0 Å². The van der Waals surface area contributed by atoms with Crippen molar-refractivity contribution in [1.29, 1.82) is 0 Å². The Bertz CT molecular complexity index is 368. The van der Waals surface area contributed by atoms with Crippen LogP contribution in [0.3, 0.4) is 0 Å². The van der Waals surface area contributed by atoms with Gasteiger partial charge in [-0.1, -0.05) is 0 Å². The first-order valence-corrected chi connectivity index (χ1v) is 4.79. The average Bonchev–Trinajstić information content (AvgIpc) is 2.29. The van der Waals surface area contributed by atoms with E-state index >= 15 is 0 Å². The van der Waals surface area contributed by atoms with E-state index in [0.717, 1.165) is 6.07 Å². The van der Waals surface area contributed by atoms with Gasteiger partial charge in [-0.25, -0.2) is 4.39 Å². The van der Waals surface area contributed by atoms with Gasteiger partial charge < -0.3 is 14.8 Å². The largest absolute Gasteiger partial charge is 0.496 e. The smallest absolute Gasteiger partial charge is 0.255 e. The normalized spacial score (nSPS) is 9.94. The third kappa shape index (κ3) is 3.20. The third-order valence-corrected chi connectivity index (χ3v) is 2.00. The molecule has 1 aromatic carbocycles. The summed E-state index contributed by atoms with van der Waals surface area (Å²) in [4.78, 5) is 11.6. The van der Waals surface area contributed by atoms with E-state index in [4.69, 9.17) is 9.47 Å². The molecule has 88 valence electrons. The molecule has 0 unspecified atom stereocenters. The lowest BCUT2D eigenvalue weighted by Gasteiger charge is -2.08. The van der Waals surface area contributed by atoms with Gasteiger partial charge in [-0.05, 0) is 18.2 Å². The van der Waals surface area contributed by atoms with E-state index in [-0.39, 0.29) is 11.5 Å². The van der Waals surface area contributed by atoms with Gasteiger partial charge in [0.15, 0.2) is 0 Å². The summed E-state index contributed by atoms with van der Waals surface area (Å²) in [6, 6.07) is 3.80. The van der Waals surface area contributed by atoms with Gasteiger partial charge in [0.1, 0.15) is 11.6 Å². The average molecular weight is 227 g/mol. The Morgan fingerprint density at radius 2 is 2.19 bits per heavy atom. The highest BCUT2D eigenvalue weighted by Gasteiger charge is 2.12.